The zero-order valence-corrected chi connectivity index (χ0v) is 16.7. The first kappa shape index (κ1) is 18.9. The molecule has 2 heterocycles. The van der Waals surface area contributed by atoms with Crippen LogP contribution in [0.15, 0.2) is 42.6 Å². The van der Waals surface area contributed by atoms with Gasteiger partial charge in [-0.1, -0.05) is 49.4 Å². The quantitative estimate of drug-likeness (QED) is 0.687. The van der Waals surface area contributed by atoms with Crippen LogP contribution in [0, 0.1) is 0 Å². The molecule has 148 valence electrons. The molecule has 1 aliphatic carbocycles. The molecule has 0 saturated heterocycles. The van der Waals surface area contributed by atoms with Crippen LogP contribution in [0.2, 0.25) is 0 Å². The van der Waals surface area contributed by atoms with Crippen LogP contribution >= 0.6 is 0 Å². The van der Waals surface area contributed by atoms with E-state index in [1.165, 1.54) is 16.0 Å². The van der Waals surface area contributed by atoms with Gasteiger partial charge < -0.3 is 16.4 Å². The summed E-state index contributed by atoms with van der Waals surface area (Å²) in [4.78, 5) is 19.7. The smallest absolute Gasteiger partial charge is 0.227 e. The second kappa shape index (κ2) is 7.87. The zero-order chi connectivity index (χ0) is 20.4. The van der Waals surface area contributed by atoms with Crippen LogP contribution in [0.4, 0.5) is 17.7 Å². The summed E-state index contributed by atoms with van der Waals surface area (Å²) in [5, 5.41) is 3.10. The lowest BCUT2D eigenvalue weighted by Crippen LogP contribution is -2.40. The van der Waals surface area contributed by atoms with Crippen molar-refractivity contribution in [1.29, 1.82) is 0 Å². The monoisotopic (exact) mass is 387 g/mol. The number of allylic oxidation sites excluding steroid dienone is 2. The Morgan fingerprint density at radius 1 is 1.14 bits per heavy atom. The average molecular weight is 387 g/mol. The second-order valence-corrected chi connectivity index (χ2v) is 7.16. The summed E-state index contributed by atoms with van der Waals surface area (Å²) in [6.07, 6.45) is 10.0. The summed E-state index contributed by atoms with van der Waals surface area (Å²) in [7, 11) is 0. The van der Waals surface area contributed by atoms with E-state index in [4.69, 9.17) is 11.5 Å². The lowest BCUT2D eigenvalue weighted by Gasteiger charge is -2.31. The van der Waals surface area contributed by atoms with Crippen LogP contribution in [0.5, 0.6) is 0 Å². The van der Waals surface area contributed by atoms with E-state index in [1.54, 1.807) is 6.20 Å². The first-order valence-electron chi connectivity index (χ1n) is 9.86. The third-order valence-electron chi connectivity index (χ3n) is 5.24. The lowest BCUT2D eigenvalue weighted by molar-refractivity contribution is 0.693. The van der Waals surface area contributed by atoms with Crippen LogP contribution in [0.1, 0.15) is 26.7 Å². The highest BCUT2D eigenvalue weighted by molar-refractivity contribution is 5.86. The van der Waals surface area contributed by atoms with Gasteiger partial charge in [-0.3, -0.25) is 0 Å². The van der Waals surface area contributed by atoms with Crippen LogP contribution < -0.4 is 26.8 Å². The molecule has 1 aromatic carbocycles. The SMILES string of the molecule is CCCN(c1ncc2c(N)nc(N)nc2n1)C(C)C1=c2ccccc2=CC=CC1. The minimum absolute atomic E-state index is 0.112. The van der Waals surface area contributed by atoms with Crippen molar-refractivity contribution < 1.29 is 0 Å². The third kappa shape index (κ3) is 3.63. The average Bonchev–Trinajstić information content (AvgIpc) is 2.93. The van der Waals surface area contributed by atoms with Gasteiger partial charge in [0.15, 0.2) is 5.65 Å². The fourth-order valence-corrected chi connectivity index (χ4v) is 3.79. The van der Waals surface area contributed by atoms with Gasteiger partial charge in [-0.25, -0.2) is 4.98 Å². The van der Waals surface area contributed by atoms with Crippen LogP contribution in [0.3, 0.4) is 0 Å². The standard InChI is InChI=1S/C22H25N7/c1-3-12-29(22-25-13-18-19(23)26-21(24)27-20(18)28-22)14(2)16-10-6-4-8-15-9-5-7-11-17(15)16/h4-9,11,13-14H,3,10,12H2,1-2H3,(H4,23,24,25,26,27,28). The molecule has 7 heteroatoms. The number of fused-ring (bicyclic) bond motifs is 2. The van der Waals surface area contributed by atoms with E-state index >= 15 is 0 Å². The van der Waals surface area contributed by atoms with E-state index in [-0.39, 0.29) is 12.0 Å². The predicted octanol–water partition coefficient (Wildman–Crippen LogP) is 1.78. The molecular formula is C22H25N7. The Labute approximate surface area is 169 Å². The van der Waals surface area contributed by atoms with Gasteiger partial charge in [-0.15, -0.1) is 0 Å². The van der Waals surface area contributed by atoms with Gasteiger partial charge in [0.25, 0.3) is 0 Å². The first-order chi connectivity index (χ1) is 14.1. The van der Waals surface area contributed by atoms with Crippen molar-refractivity contribution in [3.63, 3.8) is 0 Å². The largest absolute Gasteiger partial charge is 0.383 e. The highest BCUT2D eigenvalue weighted by Crippen LogP contribution is 2.23. The Morgan fingerprint density at radius 2 is 1.97 bits per heavy atom. The molecular weight excluding hydrogens is 362 g/mol. The van der Waals surface area contributed by atoms with Crippen molar-refractivity contribution in [3.05, 3.63) is 53.1 Å². The molecule has 0 saturated carbocycles. The third-order valence-corrected chi connectivity index (χ3v) is 5.24. The molecule has 1 atom stereocenters. The van der Waals surface area contributed by atoms with E-state index in [2.05, 4.69) is 81.2 Å². The van der Waals surface area contributed by atoms with E-state index in [9.17, 15) is 0 Å². The van der Waals surface area contributed by atoms with Crippen molar-refractivity contribution in [2.24, 2.45) is 0 Å². The maximum absolute atomic E-state index is 5.95. The molecule has 0 fully saturated rings. The van der Waals surface area contributed by atoms with Crippen molar-refractivity contribution >= 4 is 40.4 Å². The van der Waals surface area contributed by atoms with E-state index in [0.717, 1.165) is 19.4 Å². The maximum Gasteiger partial charge on any atom is 0.227 e. The lowest BCUT2D eigenvalue weighted by atomic mass is 10.00. The number of benzene rings is 1. The minimum atomic E-state index is 0.112. The minimum Gasteiger partial charge on any atom is -0.383 e. The summed E-state index contributed by atoms with van der Waals surface area (Å²) in [6, 6.07) is 8.61. The summed E-state index contributed by atoms with van der Waals surface area (Å²) < 4.78 is 0. The van der Waals surface area contributed by atoms with Gasteiger partial charge in [0, 0.05) is 12.7 Å². The maximum atomic E-state index is 5.95. The molecule has 0 amide bonds. The molecule has 4 rings (SSSR count). The number of nitrogen functional groups attached to an aromatic ring is 2. The first-order valence-corrected chi connectivity index (χ1v) is 9.86. The molecule has 0 aliphatic heterocycles. The highest BCUT2D eigenvalue weighted by atomic mass is 15.3. The Balaban J connectivity index is 1.83. The summed E-state index contributed by atoms with van der Waals surface area (Å²) in [5.74, 6) is 1.02. The molecule has 1 unspecified atom stereocenters. The number of nitrogens with two attached hydrogens (primary N) is 2. The molecule has 2 aromatic heterocycles. The number of hydrogen-bond acceptors (Lipinski definition) is 7. The van der Waals surface area contributed by atoms with Gasteiger partial charge in [-0.2, -0.15) is 15.0 Å². The molecule has 3 aromatic rings. The van der Waals surface area contributed by atoms with E-state index in [1.807, 2.05) is 0 Å². The van der Waals surface area contributed by atoms with Gasteiger partial charge >= 0.3 is 0 Å². The molecule has 4 N–H and O–H groups in total. The zero-order valence-electron chi connectivity index (χ0n) is 16.7. The summed E-state index contributed by atoms with van der Waals surface area (Å²) in [5.41, 5.74) is 13.5. The van der Waals surface area contributed by atoms with Gasteiger partial charge in [0.05, 0.1) is 11.4 Å². The Kier molecular flexibility index (Phi) is 5.12. The van der Waals surface area contributed by atoms with Gasteiger partial charge in [-0.05, 0) is 35.8 Å². The Bertz CT molecular complexity index is 1200. The summed E-state index contributed by atoms with van der Waals surface area (Å²) >= 11 is 0. The van der Waals surface area contributed by atoms with Crippen LogP contribution in [0.25, 0.3) is 22.7 Å². The number of hydrogen-bond donors (Lipinski definition) is 2. The fourth-order valence-electron chi connectivity index (χ4n) is 3.79. The van der Waals surface area contributed by atoms with Gasteiger partial charge in [0.2, 0.25) is 11.9 Å². The molecule has 0 bridgehead atoms. The van der Waals surface area contributed by atoms with Crippen LogP contribution in [-0.4, -0.2) is 32.5 Å². The molecule has 7 nitrogen and oxygen atoms in total. The summed E-state index contributed by atoms with van der Waals surface area (Å²) in [6.45, 7) is 5.18. The van der Waals surface area contributed by atoms with E-state index in [0.29, 0.717) is 22.8 Å². The molecule has 1 aliphatic rings. The van der Waals surface area contributed by atoms with Gasteiger partial charge in [0.1, 0.15) is 5.82 Å². The number of aromatic nitrogens is 4. The number of anilines is 3. The second-order valence-electron chi connectivity index (χ2n) is 7.16. The fraction of sp³-hybridized carbons (Fsp3) is 0.273. The van der Waals surface area contributed by atoms with Crippen LogP contribution in [-0.2, 0) is 0 Å². The molecule has 29 heavy (non-hydrogen) atoms. The Morgan fingerprint density at radius 3 is 2.79 bits per heavy atom. The number of rotatable bonds is 5. The van der Waals surface area contributed by atoms with E-state index < -0.39 is 0 Å². The highest BCUT2D eigenvalue weighted by Gasteiger charge is 2.21. The molecule has 0 radical (unpaired) electrons. The number of nitrogens with zero attached hydrogens (tertiary/aromatic N) is 5. The molecule has 0 spiro atoms. The van der Waals surface area contributed by atoms with Crippen molar-refractivity contribution in [3.8, 4) is 0 Å². The topological polar surface area (TPSA) is 107 Å². The van der Waals surface area contributed by atoms with Crippen molar-refractivity contribution in [2.45, 2.75) is 32.7 Å². The predicted molar refractivity (Wildman–Crippen MR) is 118 cm³/mol. The van der Waals surface area contributed by atoms with Crippen molar-refractivity contribution in [1.82, 2.24) is 19.9 Å². The van der Waals surface area contributed by atoms with Crippen molar-refractivity contribution in [2.75, 3.05) is 22.9 Å². The Hall–Kier alpha value is -3.48. The normalized spacial score (nSPS) is 14.2.